The molecule has 0 aliphatic rings. The molecule has 0 spiro atoms. The number of hydrogen-bond donors (Lipinski definition) is 0. The van der Waals surface area contributed by atoms with E-state index in [9.17, 15) is 57.1 Å². The fourth-order valence-electron chi connectivity index (χ4n) is 2.45. The summed E-state index contributed by atoms with van der Waals surface area (Å²) in [6, 6.07) is 0. The first kappa shape index (κ1) is 29.8. The molecule has 1 nitrogen and oxygen atoms in total. The number of hydrogen-bond acceptors (Lipinski definition) is 1. The Kier molecular flexibility index (Phi) is 8.33. The van der Waals surface area contributed by atoms with Crippen LogP contribution in [0.5, 0.6) is 0 Å². The summed E-state index contributed by atoms with van der Waals surface area (Å²) in [7, 11) is -2.86. The van der Waals surface area contributed by atoms with E-state index in [0.29, 0.717) is 0 Å². The van der Waals surface area contributed by atoms with Crippen molar-refractivity contribution in [1.82, 2.24) is 0 Å². The molecule has 0 aromatic carbocycles. The lowest BCUT2D eigenvalue weighted by molar-refractivity contribution is -0.442. The lowest BCUT2D eigenvalue weighted by Crippen LogP contribution is -2.71. The standard InChI is InChI=1S/C16H21F13OSi/c1-6-8-10(30-31(3,4)5)9(7-2)11(17,18)12(19,20)13(21,22)14(23,24)15(25,26)16(27,28)29/h8-9H,6-7H2,1-5H3/b10-8+. The fraction of sp³-hybridized carbons (Fsp3) is 0.875. The van der Waals surface area contributed by atoms with Gasteiger partial charge in [0.05, 0.1) is 11.7 Å². The summed E-state index contributed by atoms with van der Waals surface area (Å²) in [6.07, 6.45) is -7.91. The molecule has 0 heterocycles. The summed E-state index contributed by atoms with van der Waals surface area (Å²) < 4.78 is 179. The van der Waals surface area contributed by atoms with Gasteiger partial charge < -0.3 is 4.43 Å². The van der Waals surface area contributed by atoms with Crippen LogP contribution in [0.3, 0.4) is 0 Å². The Balaban J connectivity index is 6.68. The molecule has 0 aromatic rings. The lowest BCUT2D eigenvalue weighted by Gasteiger charge is -2.42. The predicted octanol–water partition coefficient (Wildman–Crippen LogP) is 7.90. The molecule has 0 bridgehead atoms. The smallest absolute Gasteiger partial charge is 0.460 e. The van der Waals surface area contributed by atoms with Crippen molar-refractivity contribution in [1.29, 1.82) is 0 Å². The molecular weight excluding hydrogens is 483 g/mol. The first-order valence-electron chi connectivity index (χ1n) is 8.71. The zero-order valence-corrected chi connectivity index (χ0v) is 17.9. The average Bonchev–Trinajstić information content (AvgIpc) is 2.52. The predicted molar refractivity (Wildman–Crippen MR) is 87.4 cm³/mol. The minimum atomic E-state index is -7.91. The van der Waals surface area contributed by atoms with Gasteiger partial charge in [-0.2, -0.15) is 57.1 Å². The van der Waals surface area contributed by atoms with Crippen molar-refractivity contribution in [2.45, 2.75) is 82.1 Å². The van der Waals surface area contributed by atoms with Gasteiger partial charge in [-0.15, -0.1) is 0 Å². The third-order valence-electron chi connectivity index (χ3n) is 3.98. The Bertz CT molecular complexity index is 647. The molecule has 0 aliphatic carbocycles. The van der Waals surface area contributed by atoms with Gasteiger partial charge in [-0.25, -0.2) is 0 Å². The van der Waals surface area contributed by atoms with Crippen molar-refractivity contribution in [3.8, 4) is 0 Å². The Morgan fingerprint density at radius 3 is 1.39 bits per heavy atom. The van der Waals surface area contributed by atoms with Crippen molar-refractivity contribution in [3.05, 3.63) is 11.8 Å². The van der Waals surface area contributed by atoms with E-state index in [1.807, 2.05) is 0 Å². The van der Waals surface area contributed by atoms with E-state index in [1.165, 1.54) is 26.6 Å². The van der Waals surface area contributed by atoms with Crippen LogP contribution in [0.4, 0.5) is 57.1 Å². The van der Waals surface area contributed by atoms with E-state index in [4.69, 9.17) is 4.43 Å². The Labute approximate surface area is 170 Å². The number of rotatable bonds is 10. The molecule has 0 radical (unpaired) electrons. The number of allylic oxidation sites excluding steroid dienone is 2. The van der Waals surface area contributed by atoms with Crippen molar-refractivity contribution in [2.75, 3.05) is 0 Å². The highest BCUT2D eigenvalue weighted by molar-refractivity contribution is 6.70. The van der Waals surface area contributed by atoms with E-state index in [2.05, 4.69) is 0 Å². The molecule has 0 saturated carbocycles. The SMILES string of the molecule is CC/C=C(/O[Si](C)(C)C)C(CC)C(F)(F)C(F)(F)C(F)(F)C(F)(F)C(F)(F)C(F)(F)F. The summed E-state index contributed by atoms with van der Waals surface area (Å²) in [4.78, 5) is 0. The molecule has 0 amide bonds. The van der Waals surface area contributed by atoms with Crippen LogP contribution in [0, 0.1) is 5.92 Å². The average molecular weight is 504 g/mol. The van der Waals surface area contributed by atoms with E-state index in [1.54, 1.807) is 0 Å². The maximum absolute atomic E-state index is 14.5. The lowest BCUT2D eigenvalue weighted by atomic mass is 9.85. The van der Waals surface area contributed by atoms with E-state index in [0.717, 1.165) is 13.0 Å². The van der Waals surface area contributed by atoms with Crippen LogP contribution in [0.15, 0.2) is 11.8 Å². The fourth-order valence-corrected chi connectivity index (χ4v) is 3.38. The topological polar surface area (TPSA) is 9.23 Å². The van der Waals surface area contributed by atoms with Gasteiger partial charge in [0.15, 0.2) is 0 Å². The summed E-state index contributed by atoms with van der Waals surface area (Å²) >= 11 is 0. The molecule has 0 saturated heterocycles. The van der Waals surface area contributed by atoms with Gasteiger partial charge in [0, 0.05) is 0 Å². The second-order valence-electron chi connectivity index (χ2n) is 7.61. The summed E-state index contributed by atoms with van der Waals surface area (Å²) in [5.41, 5.74) is 0. The van der Waals surface area contributed by atoms with Crippen LogP contribution in [0.1, 0.15) is 26.7 Å². The van der Waals surface area contributed by atoms with Crippen LogP contribution >= 0.6 is 0 Å². The molecule has 15 heteroatoms. The largest absolute Gasteiger partial charge is 0.547 e. The summed E-state index contributed by atoms with van der Waals surface area (Å²) in [5, 5.41) is 0. The maximum atomic E-state index is 14.5. The third kappa shape index (κ3) is 5.10. The van der Waals surface area contributed by atoms with Crippen molar-refractivity contribution in [2.24, 2.45) is 5.92 Å². The monoisotopic (exact) mass is 504 g/mol. The van der Waals surface area contributed by atoms with Crippen LogP contribution in [-0.2, 0) is 4.43 Å². The minimum Gasteiger partial charge on any atom is -0.547 e. The van der Waals surface area contributed by atoms with E-state index >= 15 is 0 Å². The molecule has 0 fully saturated rings. The minimum absolute atomic E-state index is 0.156. The highest BCUT2D eigenvalue weighted by Gasteiger charge is 2.91. The van der Waals surface area contributed by atoms with Crippen molar-refractivity contribution >= 4 is 8.32 Å². The van der Waals surface area contributed by atoms with Gasteiger partial charge in [0.1, 0.15) is 0 Å². The second kappa shape index (κ2) is 8.65. The van der Waals surface area contributed by atoms with Crippen LogP contribution in [0.2, 0.25) is 19.6 Å². The zero-order chi connectivity index (χ0) is 25.5. The van der Waals surface area contributed by atoms with Gasteiger partial charge in [-0.3, -0.25) is 0 Å². The van der Waals surface area contributed by atoms with Gasteiger partial charge in [-0.1, -0.05) is 13.8 Å². The number of halogens is 13. The Morgan fingerprint density at radius 1 is 0.710 bits per heavy atom. The summed E-state index contributed by atoms with van der Waals surface area (Å²) in [5.74, 6) is -41.0. The third-order valence-corrected chi connectivity index (χ3v) is 4.82. The summed E-state index contributed by atoms with van der Waals surface area (Å²) in [6.45, 7) is 6.22. The van der Waals surface area contributed by atoms with Crippen LogP contribution in [0.25, 0.3) is 0 Å². The van der Waals surface area contributed by atoms with Gasteiger partial charge in [0.2, 0.25) is 8.32 Å². The Morgan fingerprint density at radius 2 is 1.10 bits per heavy atom. The van der Waals surface area contributed by atoms with Gasteiger partial charge in [0.25, 0.3) is 0 Å². The molecule has 186 valence electrons. The zero-order valence-electron chi connectivity index (χ0n) is 16.9. The molecule has 0 N–H and O–H groups in total. The van der Waals surface area contributed by atoms with Crippen molar-refractivity contribution in [3.63, 3.8) is 0 Å². The normalized spacial score (nSPS) is 17.0. The van der Waals surface area contributed by atoms with Gasteiger partial charge in [-0.05, 0) is 38.6 Å². The van der Waals surface area contributed by atoms with Crippen molar-refractivity contribution < 1.29 is 61.5 Å². The van der Waals surface area contributed by atoms with Crippen LogP contribution in [-0.4, -0.2) is 44.1 Å². The first-order chi connectivity index (χ1) is 13.4. The molecule has 1 atom stereocenters. The highest BCUT2D eigenvalue weighted by atomic mass is 28.4. The molecular formula is C16H21F13OSi. The second-order valence-corrected chi connectivity index (χ2v) is 12.0. The maximum Gasteiger partial charge on any atom is 0.460 e. The van der Waals surface area contributed by atoms with Crippen LogP contribution < -0.4 is 0 Å². The quantitative estimate of drug-likeness (QED) is 0.167. The molecule has 0 aromatic heterocycles. The van der Waals surface area contributed by atoms with E-state index < -0.39 is 62.2 Å². The molecule has 0 rings (SSSR count). The highest BCUT2D eigenvalue weighted by Crippen LogP contribution is 2.62. The number of alkyl halides is 13. The van der Waals surface area contributed by atoms with E-state index in [-0.39, 0.29) is 6.42 Å². The molecule has 1 unspecified atom stereocenters. The first-order valence-corrected chi connectivity index (χ1v) is 12.1. The molecule has 31 heavy (non-hydrogen) atoms. The van der Waals surface area contributed by atoms with Gasteiger partial charge >= 0.3 is 35.8 Å². The Hall–Kier alpha value is -1.15. The molecule has 0 aliphatic heterocycles.